The summed E-state index contributed by atoms with van der Waals surface area (Å²) in [5.74, 6) is 3.57. The van der Waals surface area contributed by atoms with Crippen LogP contribution in [0.5, 0.6) is 0 Å². The lowest BCUT2D eigenvalue weighted by molar-refractivity contribution is -0.764. The summed E-state index contributed by atoms with van der Waals surface area (Å²) in [4.78, 5) is 0. The first-order chi connectivity index (χ1) is 16.4. The molecule has 5 aliphatic rings. The fourth-order valence-corrected chi connectivity index (χ4v) is 8.72. The average Bonchev–Trinajstić information content (AvgIpc) is 3.34. The van der Waals surface area contributed by atoms with Crippen LogP contribution in [0.3, 0.4) is 0 Å². The van der Waals surface area contributed by atoms with Gasteiger partial charge in [0.2, 0.25) is 5.69 Å². The van der Waals surface area contributed by atoms with E-state index >= 15 is 0 Å². The third kappa shape index (κ3) is 2.65. The molecule has 0 saturated heterocycles. The van der Waals surface area contributed by atoms with Crippen LogP contribution < -0.4 is 4.57 Å². The van der Waals surface area contributed by atoms with Crippen LogP contribution in [-0.4, -0.2) is 0 Å². The molecule has 1 aliphatic heterocycles. The molecule has 0 amide bonds. The van der Waals surface area contributed by atoms with Gasteiger partial charge in [0.05, 0.1) is 11.0 Å². The lowest BCUT2D eigenvalue weighted by Gasteiger charge is -2.47. The molecular weight excluding hydrogens is 410 g/mol. The lowest BCUT2D eigenvalue weighted by Crippen LogP contribution is -2.67. The molecule has 8 rings (SSSR count). The zero-order chi connectivity index (χ0) is 23.2. The molecule has 2 aromatic carbocycles. The van der Waals surface area contributed by atoms with E-state index in [4.69, 9.17) is 0 Å². The first-order valence-corrected chi connectivity index (χ1v) is 14.1. The van der Waals surface area contributed by atoms with Gasteiger partial charge < -0.3 is 0 Å². The van der Waals surface area contributed by atoms with E-state index in [0.717, 1.165) is 30.1 Å². The van der Waals surface area contributed by atoms with Crippen LogP contribution in [-0.2, 0) is 11.0 Å². The lowest BCUT2D eigenvalue weighted by atomic mass is 9.59. The first kappa shape index (κ1) is 21.2. The van der Waals surface area contributed by atoms with Crippen molar-refractivity contribution in [2.24, 2.45) is 11.8 Å². The number of fused-ring (bicyclic) bond motifs is 4. The quantitative estimate of drug-likeness (QED) is 0.345. The van der Waals surface area contributed by atoms with E-state index in [1.54, 1.807) is 16.7 Å². The fourth-order valence-electron chi connectivity index (χ4n) is 8.72. The molecule has 0 spiro atoms. The van der Waals surface area contributed by atoms with Crippen molar-refractivity contribution in [3.8, 4) is 11.3 Å². The summed E-state index contributed by atoms with van der Waals surface area (Å²) >= 11 is 0. The Morgan fingerprint density at radius 3 is 2.29 bits per heavy atom. The maximum absolute atomic E-state index is 2.76. The third-order valence-electron chi connectivity index (χ3n) is 11.3. The van der Waals surface area contributed by atoms with Crippen molar-refractivity contribution >= 4 is 10.8 Å². The molecule has 4 unspecified atom stereocenters. The van der Waals surface area contributed by atoms with Gasteiger partial charge in [-0.2, -0.15) is 4.57 Å². The summed E-state index contributed by atoms with van der Waals surface area (Å²) in [6.45, 7) is 9.92. The second kappa shape index (κ2) is 7.19. The Morgan fingerprint density at radius 2 is 1.53 bits per heavy atom. The van der Waals surface area contributed by atoms with E-state index in [2.05, 4.69) is 80.9 Å². The highest BCUT2D eigenvalue weighted by atomic mass is 15.1. The minimum atomic E-state index is 0.0562. The van der Waals surface area contributed by atoms with Gasteiger partial charge in [0.25, 0.3) is 0 Å². The van der Waals surface area contributed by atoms with Gasteiger partial charge in [-0.1, -0.05) is 38.1 Å². The SMILES string of the molecule is CCC1(C)c2cc3c(cc2-c2cc4ccccc4c[n+]2C1(C)CC)C1CC(CC2CCC3C2)C1. The molecule has 176 valence electrons. The number of pyridine rings is 1. The standard InChI is InChI=1S/C33H40N/c1-5-32(3)30-19-28-24-12-11-21(14-24)13-22-15-26(16-22)27(28)18-29(30)31-17-23-9-7-8-10-25(23)20-34(31)33(32,4)6-2/h7-10,17-22,24,26H,5-6,11-16H2,1-4H3/q+1. The van der Waals surface area contributed by atoms with Gasteiger partial charge in [0.15, 0.2) is 11.7 Å². The van der Waals surface area contributed by atoms with Crippen molar-refractivity contribution in [2.45, 2.75) is 102 Å². The summed E-state index contributed by atoms with van der Waals surface area (Å²) in [5, 5.41) is 2.72. The van der Waals surface area contributed by atoms with Crippen molar-refractivity contribution in [3.63, 3.8) is 0 Å². The molecule has 0 radical (unpaired) electrons. The predicted molar refractivity (Wildman–Crippen MR) is 141 cm³/mol. The van der Waals surface area contributed by atoms with Gasteiger partial charge in [0.1, 0.15) is 0 Å². The minimum absolute atomic E-state index is 0.0562. The molecule has 3 aromatic rings. The van der Waals surface area contributed by atoms with Crippen LogP contribution >= 0.6 is 0 Å². The predicted octanol–water partition coefficient (Wildman–Crippen LogP) is 8.38. The van der Waals surface area contributed by atoms with E-state index in [0.29, 0.717) is 0 Å². The molecule has 4 atom stereocenters. The highest BCUT2D eigenvalue weighted by molar-refractivity contribution is 5.85. The van der Waals surface area contributed by atoms with E-state index < -0.39 is 0 Å². The molecule has 4 bridgehead atoms. The van der Waals surface area contributed by atoms with Crippen molar-refractivity contribution < 1.29 is 4.57 Å². The third-order valence-corrected chi connectivity index (χ3v) is 11.3. The Hall–Kier alpha value is -2.15. The number of benzene rings is 2. The molecule has 0 N–H and O–H groups in total. The molecule has 2 saturated carbocycles. The van der Waals surface area contributed by atoms with Crippen molar-refractivity contribution in [1.82, 2.24) is 0 Å². The van der Waals surface area contributed by atoms with E-state index in [1.165, 1.54) is 67.0 Å². The van der Waals surface area contributed by atoms with Gasteiger partial charge in [-0.15, -0.1) is 0 Å². The second-order valence-corrected chi connectivity index (χ2v) is 12.6. The van der Waals surface area contributed by atoms with Gasteiger partial charge in [-0.3, -0.25) is 0 Å². The number of hydrogen-bond acceptors (Lipinski definition) is 0. The van der Waals surface area contributed by atoms with Gasteiger partial charge in [0, 0.05) is 24.8 Å². The maximum Gasteiger partial charge on any atom is 0.213 e. The molecule has 1 aromatic heterocycles. The molecule has 4 aliphatic carbocycles. The van der Waals surface area contributed by atoms with Crippen molar-refractivity contribution in [2.75, 3.05) is 0 Å². The Morgan fingerprint density at radius 1 is 0.794 bits per heavy atom. The van der Waals surface area contributed by atoms with Crippen LogP contribution in [0, 0.1) is 11.8 Å². The van der Waals surface area contributed by atoms with E-state index in [9.17, 15) is 0 Å². The van der Waals surface area contributed by atoms with Gasteiger partial charge in [-0.05, 0) is 110 Å². The average molecular weight is 451 g/mol. The number of aromatic nitrogens is 1. The Bertz CT molecular complexity index is 1300. The normalized spacial score (nSPS) is 35.4. The van der Waals surface area contributed by atoms with Crippen LogP contribution in [0.15, 0.2) is 48.7 Å². The number of rotatable bonds is 2. The number of nitrogens with zero attached hydrogens (tertiary/aromatic N) is 1. The largest absolute Gasteiger partial charge is 0.213 e. The van der Waals surface area contributed by atoms with Crippen LogP contribution in [0.1, 0.15) is 108 Å². The van der Waals surface area contributed by atoms with Crippen molar-refractivity contribution in [3.05, 3.63) is 65.4 Å². The zero-order valence-corrected chi connectivity index (χ0v) is 21.5. The molecule has 1 heteroatoms. The maximum atomic E-state index is 2.76. The smallest absolute Gasteiger partial charge is 0.192 e. The summed E-state index contributed by atoms with van der Waals surface area (Å²) in [6.07, 6.45) is 13.5. The fraction of sp³-hybridized carbons (Fsp3) is 0.545. The van der Waals surface area contributed by atoms with E-state index in [-0.39, 0.29) is 11.0 Å². The highest BCUT2D eigenvalue weighted by Gasteiger charge is 2.57. The molecule has 1 nitrogen and oxygen atoms in total. The van der Waals surface area contributed by atoms with Crippen LogP contribution in [0.2, 0.25) is 0 Å². The second-order valence-electron chi connectivity index (χ2n) is 12.6. The monoisotopic (exact) mass is 450 g/mol. The first-order valence-electron chi connectivity index (χ1n) is 14.1. The topological polar surface area (TPSA) is 3.88 Å². The van der Waals surface area contributed by atoms with Gasteiger partial charge in [-0.25, -0.2) is 0 Å². The highest BCUT2D eigenvalue weighted by Crippen LogP contribution is 2.57. The molecule has 2 fully saturated rings. The van der Waals surface area contributed by atoms with Gasteiger partial charge >= 0.3 is 0 Å². The summed E-state index contributed by atoms with van der Waals surface area (Å²) in [7, 11) is 0. The van der Waals surface area contributed by atoms with Crippen LogP contribution in [0.25, 0.3) is 22.0 Å². The summed E-state index contributed by atoms with van der Waals surface area (Å²) in [6, 6.07) is 16.9. The molecular formula is C33H40N+. The Balaban J connectivity index is 1.54. The van der Waals surface area contributed by atoms with Crippen LogP contribution in [0.4, 0.5) is 0 Å². The minimum Gasteiger partial charge on any atom is -0.192 e. The molecule has 2 heterocycles. The number of hydrogen-bond donors (Lipinski definition) is 0. The summed E-state index contributed by atoms with van der Waals surface area (Å²) in [5.41, 5.74) is 8.24. The van der Waals surface area contributed by atoms with E-state index in [1.807, 2.05) is 0 Å². The Labute approximate surface area is 205 Å². The molecule has 34 heavy (non-hydrogen) atoms. The Kier molecular flexibility index (Phi) is 4.47. The zero-order valence-electron chi connectivity index (χ0n) is 21.5. The summed E-state index contributed by atoms with van der Waals surface area (Å²) < 4.78 is 2.68. The van der Waals surface area contributed by atoms with Crippen molar-refractivity contribution in [1.29, 1.82) is 0 Å².